The number of amides is 2. The standard InChI is InChI=1S/C22H25N3O4S/c1-15(2)17-5-3-16(4-6-17)14-24-9-11-25(12-10-24)30(28,29)18-7-8-19-20(13-18)22(27)23-21(19)26/h3-8,13,15H,9-12,14H2,1-2H3,(H,23,26,27). The minimum Gasteiger partial charge on any atom is -0.296 e. The number of hydrogen-bond donors (Lipinski definition) is 1. The average Bonchev–Trinajstić information content (AvgIpc) is 3.02. The lowest BCUT2D eigenvalue weighted by Gasteiger charge is -2.34. The summed E-state index contributed by atoms with van der Waals surface area (Å²) in [6.45, 7) is 7.15. The van der Waals surface area contributed by atoms with Crippen molar-refractivity contribution in [1.82, 2.24) is 14.5 Å². The fourth-order valence-corrected chi connectivity index (χ4v) is 5.30. The summed E-state index contributed by atoms with van der Waals surface area (Å²) in [5.41, 5.74) is 2.85. The lowest BCUT2D eigenvalue weighted by atomic mass is 10.0. The van der Waals surface area contributed by atoms with Gasteiger partial charge in [-0.25, -0.2) is 8.42 Å². The van der Waals surface area contributed by atoms with Gasteiger partial charge < -0.3 is 0 Å². The Hall–Kier alpha value is -2.55. The molecule has 8 heteroatoms. The molecule has 1 N–H and O–H groups in total. The monoisotopic (exact) mass is 427 g/mol. The first-order chi connectivity index (χ1) is 14.3. The zero-order chi connectivity index (χ0) is 21.5. The molecule has 1 fully saturated rings. The molecule has 0 saturated carbocycles. The molecule has 0 atom stereocenters. The Morgan fingerprint density at radius 3 is 2.17 bits per heavy atom. The summed E-state index contributed by atoms with van der Waals surface area (Å²) in [6, 6.07) is 12.7. The molecule has 2 aromatic carbocycles. The molecule has 1 saturated heterocycles. The zero-order valence-electron chi connectivity index (χ0n) is 17.1. The number of imide groups is 1. The third-order valence-corrected chi connectivity index (χ3v) is 7.62. The average molecular weight is 428 g/mol. The van der Waals surface area contributed by atoms with Gasteiger partial charge in [0.05, 0.1) is 16.0 Å². The van der Waals surface area contributed by atoms with Gasteiger partial charge in [-0.2, -0.15) is 4.31 Å². The summed E-state index contributed by atoms with van der Waals surface area (Å²) in [5, 5.41) is 2.19. The van der Waals surface area contributed by atoms with Crippen molar-refractivity contribution in [2.24, 2.45) is 0 Å². The van der Waals surface area contributed by atoms with Crippen LogP contribution in [0.2, 0.25) is 0 Å². The third-order valence-electron chi connectivity index (χ3n) is 5.73. The van der Waals surface area contributed by atoms with Gasteiger partial charge in [0.15, 0.2) is 0 Å². The van der Waals surface area contributed by atoms with E-state index in [2.05, 4.69) is 48.3 Å². The van der Waals surface area contributed by atoms with Gasteiger partial charge in [-0.15, -0.1) is 0 Å². The molecule has 7 nitrogen and oxygen atoms in total. The first-order valence-electron chi connectivity index (χ1n) is 10.1. The number of rotatable bonds is 5. The van der Waals surface area contributed by atoms with Crippen molar-refractivity contribution in [1.29, 1.82) is 0 Å². The molecule has 0 radical (unpaired) electrons. The number of sulfonamides is 1. The second-order valence-electron chi connectivity index (χ2n) is 8.07. The smallest absolute Gasteiger partial charge is 0.258 e. The Labute approximate surface area is 176 Å². The van der Waals surface area contributed by atoms with E-state index in [9.17, 15) is 18.0 Å². The molecule has 0 aromatic heterocycles. The van der Waals surface area contributed by atoms with Crippen LogP contribution in [-0.2, 0) is 16.6 Å². The first kappa shape index (κ1) is 20.7. The molecule has 30 heavy (non-hydrogen) atoms. The number of benzene rings is 2. The van der Waals surface area contributed by atoms with Crippen LogP contribution in [0, 0.1) is 0 Å². The molecular formula is C22H25N3O4S. The molecule has 2 aliphatic rings. The van der Waals surface area contributed by atoms with E-state index in [0.29, 0.717) is 32.1 Å². The van der Waals surface area contributed by atoms with Crippen molar-refractivity contribution in [2.75, 3.05) is 26.2 Å². The van der Waals surface area contributed by atoms with E-state index in [0.717, 1.165) is 6.54 Å². The minimum atomic E-state index is -3.72. The fourth-order valence-electron chi connectivity index (χ4n) is 3.85. The number of nitrogens with one attached hydrogen (secondary N) is 1. The molecule has 0 aliphatic carbocycles. The summed E-state index contributed by atoms with van der Waals surface area (Å²) >= 11 is 0. The summed E-state index contributed by atoms with van der Waals surface area (Å²) in [7, 11) is -3.72. The highest BCUT2D eigenvalue weighted by Gasteiger charge is 2.32. The van der Waals surface area contributed by atoms with Gasteiger partial charge in [-0.1, -0.05) is 38.1 Å². The van der Waals surface area contributed by atoms with Crippen LogP contribution in [0.3, 0.4) is 0 Å². The van der Waals surface area contributed by atoms with Gasteiger partial charge in [0.2, 0.25) is 10.0 Å². The van der Waals surface area contributed by atoms with Crippen molar-refractivity contribution in [3.05, 3.63) is 64.7 Å². The Balaban J connectivity index is 1.41. The van der Waals surface area contributed by atoms with E-state index in [1.165, 1.54) is 33.6 Å². The van der Waals surface area contributed by atoms with Crippen molar-refractivity contribution in [3.8, 4) is 0 Å². The van der Waals surface area contributed by atoms with Gasteiger partial charge >= 0.3 is 0 Å². The predicted molar refractivity (Wildman–Crippen MR) is 113 cm³/mol. The van der Waals surface area contributed by atoms with Crippen LogP contribution in [0.4, 0.5) is 0 Å². The van der Waals surface area contributed by atoms with Gasteiger partial charge in [-0.05, 0) is 35.2 Å². The van der Waals surface area contributed by atoms with Crippen LogP contribution >= 0.6 is 0 Å². The van der Waals surface area contributed by atoms with E-state index < -0.39 is 21.8 Å². The lowest BCUT2D eigenvalue weighted by molar-refractivity contribution is 0.0879. The van der Waals surface area contributed by atoms with E-state index >= 15 is 0 Å². The molecular weight excluding hydrogens is 402 g/mol. The predicted octanol–water partition coefficient (Wildman–Crippen LogP) is 2.20. The van der Waals surface area contributed by atoms with E-state index in [1.807, 2.05) is 0 Å². The summed E-state index contributed by atoms with van der Waals surface area (Å²) < 4.78 is 27.5. The highest BCUT2D eigenvalue weighted by molar-refractivity contribution is 7.89. The first-order valence-corrected chi connectivity index (χ1v) is 11.5. The molecule has 2 aliphatic heterocycles. The summed E-state index contributed by atoms with van der Waals surface area (Å²) in [6.07, 6.45) is 0. The summed E-state index contributed by atoms with van der Waals surface area (Å²) in [4.78, 5) is 25.8. The Morgan fingerprint density at radius 2 is 1.53 bits per heavy atom. The maximum absolute atomic E-state index is 13.0. The zero-order valence-corrected chi connectivity index (χ0v) is 17.9. The van der Waals surface area contributed by atoms with Crippen LogP contribution < -0.4 is 5.32 Å². The van der Waals surface area contributed by atoms with E-state index in [4.69, 9.17) is 0 Å². The topological polar surface area (TPSA) is 86.8 Å². The SMILES string of the molecule is CC(C)c1ccc(CN2CCN(S(=O)(=O)c3ccc4c(c3)C(=O)NC4=O)CC2)cc1. The summed E-state index contributed by atoms with van der Waals surface area (Å²) in [5.74, 6) is -0.550. The van der Waals surface area contributed by atoms with Crippen LogP contribution in [0.25, 0.3) is 0 Å². The highest BCUT2D eigenvalue weighted by Crippen LogP contribution is 2.24. The highest BCUT2D eigenvalue weighted by atomic mass is 32.2. The van der Waals surface area contributed by atoms with Gasteiger partial charge in [0, 0.05) is 32.7 Å². The normalized spacial score (nSPS) is 18.0. The Kier molecular flexibility index (Phi) is 5.48. The maximum atomic E-state index is 13.0. The molecule has 4 rings (SSSR count). The van der Waals surface area contributed by atoms with E-state index in [-0.39, 0.29) is 16.0 Å². The molecule has 0 bridgehead atoms. The van der Waals surface area contributed by atoms with Crippen LogP contribution in [0.5, 0.6) is 0 Å². The maximum Gasteiger partial charge on any atom is 0.258 e. The Bertz CT molecular complexity index is 1090. The molecule has 0 spiro atoms. The largest absolute Gasteiger partial charge is 0.296 e. The Morgan fingerprint density at radius 1 is 0.900 bits per heavy atom. The van der Waals surface area contributed by atoms with E-state index in [1.54, 1.807) is 0 Å². The lowest BCUT2D eigenvalue weighted by Crippen LogP contribution is -2.48. The molecule has 2 aromatic rings. The number of nitrogens with zero attached hydrogens (tertiary/aromatic N) is 2. The molecule has 0 unspecified atom stereocenters. The fraction of sp³-hybridized carbons (Fsp3) is 0.364. The van der Waals surface area contributed by atoms with Crippen molar-refractivity contribution >= 4 is 21.8 Å². The quantitative estimate of drug-likeness (QED) is 0.740. The number of carbonyl (C=O) groups excluding carboxylic acids is 2. The van der Waals surface area contributed by atoms with Gasteiger partial charge in [-0.3, -0.25) is 19.8 Å². The van der Waals surface area contributed by atoms with Crippen LogP contribution in [0.15, 0.2) is 47.4 Å². The van der Waals surface area contributed by atoms with Crippen molar-refractivity contribution in [2.45, 2.75) is 31.2 Å². The second kappa shape index (κ2) is 7.94. The molecule has 158 valence electrons. The van der Waals surface area contributed by atoms with Gasteiger partial charge in [0.25, 0.3) is 11.8 Å². The molecule has 2 amide bonds. The van der Waals surface area contributed by atoms with Gasteiger partial charge in [0.1, 0.15) is 0 Å². The molecule has 2 heterocycles. The third kappa shape index (κ3) is 3.90. The van der Waals surface area contributed by atoms with Crippen molar-refractivity contribution in [3.63, 3.8) is 0 Å². The van der Waals surface area contributed by atoms with Crippen LogP contribution in [0.1, 0.15) is 51.6 Å². The minimum absolute atomic E-state index is 0.0452. The second-order valence-corrected chi connectivity index (χ2v) is 10.0. The number of carbonyl (C=O) groups is 2. The number of hydrogen-bond acceptors (Lipinski definition) is 5. The van der Waals surface area contributed by atoms with Crippen LogP contribution in [-0.4, -0.2) is 55.6 Å². The number of fused-ring (bicyclic) bond motifs is 1. The number of piperazine rings is 1. The van der Waals surface area contributed by atoms with Crippen molar-refractivity contribution < 1.29 is 18.0 Å².